The molecule has 5 nitrogen and oxygen atoms in total. The molecule has 0 saturated heterocycles. The number of hydrogen-bond donors (Lipinski definition) is 2. The topological polar surface area (TPSA) is 54.2 Å². The Morgan fingerprint density at radius 3 is 2.92 bits per heavy atom. The second-order valence-electron chi connectivity index (χ2n) is 5.91. The zero-order chi connectivity index (χ0) is 17.5. The summed E-state index contributed by atoms with van der Waals surface area (Å²) in [5.74, 6) is 0.854. The van der Waals surface area contributed by atoms with Crippen LogP contribution >= 0.6 is 11.3 Å². The minimum Gasteiger partial charge on any atom is -0.357 e. The normalized spacial score (nSPS) is 11.8. The van der Waals surface area contributed by atoms with Crippen molar-refractivity contribution in [2.24, 2.45) is 4.99 Å². The lowest BCUT2D eigenvalue weighted by molar-refractivity contribution is 0.641. The summed E-state index contributed by atoms with van der Waals surface area (Å²) >= 11 is 1.70. The number of aromatic nitrogens is 2. The number of guanidine groups is 1. The summed E-state index contributed by atoms with van der Waals surface area (Å²) in [6.07, 6.45) is 5.10. The molecule has 0 fully saturated rings. The van der Waals surface area contributed by atoms with Crippen molar-refractivity contribution >= 4 is 28.2 Å². The summed E-state index contributed by atoms with van der Waals surface area (Å²) in [5.41, 5.74) is 1.29. The van der Waals surface area contributed by atoms with Gasteiger partial charge in [0.25, 0.3) is 0 Å². The highest BCUT2D eigenvalue weighted by atomic mass is 32.1. The highest BCUT2D eigenvalue weighted by Gasteiger charge is 2.02. The van der Waals surface area contributed by atoms with Crippen molar-refractivity contribution in [1.82, 2.24) is 20.2 Å². The minimum atomic E-state index is 0.621. The Balaban J connectivity index is 1.49. The van der Waals surface area contributed by atoms with E-state index in [4.69, 9.17) is 0 Å². The van der Waals surface area contributed by atoms with E-state index in [1.807, 2.05) is 6.20 Å². The lowest BCUT2D eigenvalue weighted by atomic mass is 10.2. The van der Waals surface area contributed by atoms with Crippen LogP contribution in [0.2, 0.25) is 0 Å². The van der Waals surface area contributed by atoms with E-state index in [9.17, 15) is 0 Å². The molecule has 0 spiro atoms. The Labute approximate surface area is 152 Å². The second-order valence-corrected chi connectivity index (χ2v) is 7.23. The van der Waals surface area contributed by atoms with Crippen LogP contribution in [0.1, 0.15) is 23.2 Å². The van der Waals surface area contributed by atoms with Gasteiger partial charge in [-0.1, -0.05) is 18.2 Å². The van der Waals surface area contributed by atoms with E-state index in [0.717, 1.165) is 37.0 Å². The Kier molecular flexibility index (Phi) is 6.06. The average Bonchev–Trinajstić information content (AvgIpc) is 3.22. The molecule has 0 atom stereocenters. The Hall–Kier alpha value is -2.34. The molecule has 2 aromatic heterocycles. The highest BCUT2D eigenvalue weighted by molar-refractivity contribution is 7.11. The van der Waals surface area contributed by atoms with Crippen molar-refractivity contribution < 1.29 is 0 Å². The third kappa shape index (κ3) is 4.82. The molecule has 0 unspecified atom stereocenters. The maximum Gasteiger partial charge on any atom is 0.191 e. The summed E-state index contributed by atoms with van der Waals surface area (Å²) < 4.78 is 2.30. The first-order valence-corrected chi connectivity index (χ1v) is 9.55. The van der Waals surface area contributed by atoms with Crippen LogP contribution in [0.3, 0.4) is 0 Å². The molecular weight excluding hydrogens is 330 g/mol. The van der Waals surface area contributed by atoms with Gasteiger partial charge in [0, 0.05) is 42.4 Å². The maximum atomic E-state index is 4.62. The molecule has 0 radical (unpaired) electrons. The first-order valence-electron chi connectivity index (χ1n) is 8.73. The first-order chi connectivity index (χ1) is 12.3. The van der Waals surface area contributed by atoms with Crippen LogP contribution in [0.15, 0.2) is 47.7 Å². The van der Waals surface area contributed by atoms with Gasteiger partial charge in [-0.2, -0.15) is 0 Å². The summed E-state index contributed by atoms with van der Waals surface area (Å²) in [7, 11) is 0. The highest BCUT2D eigenvalue weighted by Crippen LogP contribution is 2.15. The van der Waals surface area contributed by atoms with E-state index in [-0.39, 0.29) is 0 Å². The van der Waals surface area contributed by atoms with Crippen molar-refractivity contribution in [3.63, 3.8) is 0 Å². The van der Waals surface area contributed by atoms with E-state index >= 15 is 0 Å². The predicted molar refractivity (Wildman–Crippen MR) is 106 cm³/mol. The van der Waals surface area contributed by atoms with E-state index < -0.39 is 0 Å². The van der Waals surface area contributed by atoms with Gasteiger partial charge in [0.2, 0.25) is 0 Å². The van der Waals surface area contributed by atoms with Gasteiger partial charge in [0.15, 0.2) is 5.96 Å². The molecule has 2 N–H and O–H groups in total. The second kappa shape index (κ2) is 8.67. The van der Waals surface area contributed by atoms with Crippen LogP contribution in [0, 0.1) is 6.92 Å². The summed E-state index contributed by atoms with van der Waals surface area (Å²) in [6.45, 7) is 7.50. The number of nitrogens with one attached hydrogen (secondary N) is 2. The van der Waals surface area contributed by atoms with E-state index in [0.29, 0.717) is 6.54 Å². The number of hydrogen-bond acceptors (Lipinski definition) is 3. The largest absolute Gasteiger partial charge is 0.357 e. The fourth-order valence-corrected chi connectivity index (χ4v) is 3.47. The number of para-hydroxylation sites is 1. The van der Waals surface area contributed by atoms with Gasteiger partial charge in [0.1, 0.15) is 5.01 Å². The maximum absolute atomic E-state index is 4.62. The quantitative estimate of drug-likeness (QED) is 0.387. The number of rotatable bonds is 7. The Morgan fingerprint density at radius 1 is 1.24 bits per heavy atom. The van der Waals surface area contributed by atoms with Crippen molar-refractivity contribution in [1.29, 1.82) is 0 Å². The summed E-state index contributed by atoms with van der Waals surface area (Å²) in [6, 6.07) is 10.7. The van der Waals surface area contributed by atoms with Gasteiger partial charge >= 0.3 is 0 Å². The lowest BCUT2D eigenvalue weighted by Gasteiger charge is -2.11. The molecule has 0 bridgehead atoms. The smallest absolute Gasteiger partial charge is 0.191 e. The molecule has 0 amide bonds. The molecule has 132 valence electrons. The van der Waals surface area contributed by atoms with Gasteiger partial charge in [0.05, 0.1) is 6.54 Å². The number of nitrogens with zero attached hydrogens (tertiary/aromatic N) is 3. The molecule has 0 aliphatic rings. The molecule has 1 aromatic carbocycles. The Morgan fingerprint density at radius 2 is 2.12 bits per heavy atom. The fourth-order valence-electron chi connectivity index (χ4n) is 2.75. The molecule has 0 aliphatic carbocycles. The fraction of sp³-hybridized carbons (Fsp3) is 0.368. The van der Waals surface area contributed by atoms with Gasteiger partial charge in [-0.05, 0) is 37.8 Å². The van der Waals surface area contributed by atoms with Crippen molar-refractivity contribution in [3.05, 3.63) is 52.6 Å². The van der Waals surface area contributed by atoms with E-state index in [1.54, 1.807) is 11.3 Å². The number of aryl methyl sites for hydroxylation is 2. The monoisotopic (exact) mass is 355 g/mol. The van der Waals surface area contributed by atoms with Crippen LogP contribution < -0.4 is 10.6 Å². The van der Waals surface area contributed by atoms with E-state index in [1.165, 1.54) is 15.8 Å². The number of thiazole rings is 1. The van der Waals surface area contributed by atoms with Crippen LogP contribution in [0.4, 0.5) is 0 Å². The number of fused-ring (bicyclic) bond motifs is 1. The summed E-state index contributed by atoms with van der Waals surface area (Å²) in [4.78, 5) is 10.2. The van der Waals surface area contributed by atoms with Crippen LogP contribution in [-0.4, -0.2) is 28.6 Å². The molecular formula is C19H25N5S. The number of aliphatic imine (C=N–C) groups is 1. The van der Waals surface area contributed by atoms with E-state index in [2.05, 4.69) is 75.6 Å². The predicted octanol–water partition coefficient (Wildman–Crippen LogP) is 3.55. The van der Waals surface area contributed by atoms with Crippen molar-refractivity contribution in [2.75, 3.05) is 13.1 Å². The standard InChI is InChI=1S/C19H25N5S/c1-3-20-19(23-14-18-22-13-15(2)25-18)21-10-6-11-24-12-9-16-7-4-5-8-17(16)24/h4-5,7-9,12-13H,3,6,10-11,14H2,1-2H3,(H2,20,21,23). The Bertz CT molecular complexity index is 833. The third-order valence-corrected chi connectivity index (χ3v) is 4.83. The molecule has 0 aliphatic heterocycles. The van der Waals surface area contributed by atoms with Gasteiger partial charge in [-0.15, -0.1) is 11.3 Å². The van der Waals surface area contributed by atoms with Gasteiger partial charge in [-0.25, -0.2) is 9.98 Å². The van der Waals surface area contributed by atoms with Gasteiger partial charge < -0.3 is 15.2 Å². The molecule has 3 rings (SSSR count). The van der Waals surface area contributed by atoms with Crippen LogP contribution in [0.5, 0.6) is 0 Å². The zero-order valence-corrected chi connectivity index (χ0v) is 15.6. The molecule has 0 saturated carbocycles. The average molecular weight is 356 g/mol. The first kappa shape index (κ1) is 17.5. The van der Waals surface area contributed by atoms with Crippen LogP contribution in [-0.2, 0) is 13.1 Å². The van der Waals surface area contributed by atoms with Crippen molar-refractivity contribution in [3.8, 4) is 0 Å². The van der Waals surface area contributed by atoms with Crippen molar-refractivity contribution in [2.45, 2.75) is 33.4 Å². The molecule has 25 heavy (non-hydrogen) atoms. The molecule has 6 heteroatoms. The minimum absolute atomic E-state index is 0.621. The third-order valence-electron chi connectivity index (χ3n) is 3.93. The molecule has 3 aromatic rings. The number of benzene rings is 1. The van der Waals surface area contributed by atoms with Gasteiger partial charge in [-0.3, -0.25) is 0 Å². The zero-order valence-electron chi connectivity index (χ0n) is 14.8. The molecule has 2 heterocycles. The SMILES string of the molecule is CCNC(=NCc1ncc(C)s1)NCCCn1ccc2ccccc21. The van der Waals surface area contributed by atoms with Crippen LogP contribution in [0.25, 0.3) is 10.9 Å². The lowest BCUT2D eigenvalue weighted by Crippen LogP contribution is -2.38. The summed E-state index contributed by atoms with van der Waals surface area (Å²) in [5, 5.41) is 9.05.